The van der Waals surface area contributed by atoms with E-state index in [1.54, 1.807) is 0 Å². The number of hydrogen-bond donors (Lipinski definition) is 0. The van der Waals surface area contributed by atoms with Gasteiger partial charge in [-0.15, -0.1) is 0 Å². The Morgan fingerprint density at radius 3 is 1.81 bits per heavy atom. The highest BCUT2D eigenvalue weighted by molar-refractivity contribution is 6.99. The van der Waals surface area contributed by atoms with Crippen LogP contribution in [-0.4, -0.2) is 39.7 Å². The number of rotatable bonds is 9. The van der Waals surface area contributed by atoms with Crippen LogP contribution in [0, 0.1) is 11.8 Å². The van der Waals surface area contributed by atoms with E-state index in [9.17, 15) is 4.79 Å². The van der Waals surface area contributed by atoms with E-state index in [1.165, 1.54) is 10.4 Å². The van der Waals surface area contributed by atoms with Gasteiger partial charge in [-0.3, -0.25) is 0 Å². The van der Waals surface area contributed by atoms with E-state index >= 15 is 0 Å². The van der Waals surface area contributed by atoms with Gasteiger partial charge in [0, 0.05) is 6.61 Å². The van der Waals surface area contributed by atoms with Crippen molar-refractivity contribution in [3.63, 3.8) is 0 Å². The minimum absolute atomic E-state index is 0.00998. The largest absolute Gasteiger partial charge is 0.458 e. The fourth-order valence-electron chi connectivity index (χ4n) is 4.38. The van der Waals surface area contributed by atoms with Crippen LogP contribution in [0.15, 0.2) is 60.7 Å². The number of esters is 1. The monoisotopic (exact) mass is 454 g/mol. The van der Waals surface area contributed by atoms with Crippen LogP contribution in [0.5, 0.6) is 0 Å². The van der Waals surface area contributed by atoms with E-state index < -0.39 is 13.9 Å². The Hall–Kier alpha value is -1.95. The number of benzene rings is 2. The molecule has 1 aliphatic rings. The molecule has 2 atom stereocenters. The van der Waals surface area contributed by atoms with Crippen molar-refractivity contribution >= 4 is 24.7 Å². The normalized spacial score (nSPS) is 18.9. The molecule has 0 N–H and O–H groups in total. The van der Waals surface area contributed by atoms with Gasteiger partial charge in [0.15, 0.2) is 0 Å². The molecule has 0 radical (unpaired) electrons. The van der Waals surface area contributed by atoms with Gasteiger partial charge in [0.05, 0.1) is 6.61 Å². The van der Waals surface area contributed by atoms with Gasteiger partial charge in [-0.1, -0.05) is 81.4 Å². The zero-order chi connectivity index (χ0) is 23.4. The van der Waals surface area contributed by atoms with Crippen LogP contribution in [0.1, 0.15) is 48.0 Å². The zero-order valence-corrected chi connectivity index (χ0v) is 21.4. The fourth-order valence-corrected chi connectivity index (χ4v) is 9.00. The summed E-state index contributed by atoms with van der Waals surface area (Å²) in [6.45, 7) is 13.8. The van der Waals surface area contributed by atoms with Gasteiger partial charge in [0.25, 0.3) is 8.32 Å². The summed E-state index contributed by atoms with van der Waals surface area (Å²) < 4.78 is 18.0. The molecule has 0 spiro atoms. The topological polar surface area (TPSA) is 44.8 Å². The van der Waals surface area contributed by atoms with Crippen molar-refractivity contribution in [1.82, 2.24) is 0 Å². The molecule has 2 aromatic rings. The average molecular weight is 455 g/mol. The van der Waals surface area contributed by atoms with Crippen LogP contribution in [0.25, 0.3) is 0 Å². The molecule has 4 nitrogen and oxygen atoms in total. The summed E-state index contributed by atoms with van der Waals surface area (Å²) in [5, 5.41) is 2.59. The summed E-state index contributed by atoms with van der Waals surface area (Å²) in [7, 11) is -2.49. The summed E-state index contributed by atoms with van der Waals surface area (Å²) in [5.41, 5.74) is -0.480. The molecule has 3 rings (SSSR count). The zero-order valence-electron chi connectivity index (χ0n) is 20.4. The van der Waals surface area contributed by atoms with Crippen LogP contribution in [0.3, 0.4) is 0 Å². The number of hydrogen-bond acceptors (Lipinski definition) is 4. The van der Waals surface area contributed by atoms with E-state index in [0.717, 1.165) is 6.42 Å². The minimum Gasteiger partial charge on any atom is -0.458 e. The van der Waals surface area contributed by atoms with Crippen LogP contribution in [-0.2, 0) is 18.7 Å². The molecule has 0 bridgehead atoms. The molecule has 2 aromatic carbocycles. The molecule has 0 aliphatic heterocycles. The van der Waals surface area contributed by atoms with Crippen molar-refractivity contribution in [2.24, 2.45) is 11.8 Å². The van der Waals surface area contributed by atoms with Crippen molar-refractivity contribution < 1.29 is 18.7 Å². The number of ether oxygens (including phenoxy) is 2. The van der Waals surface area contributed by atoms with Gasteiger partial charge in [-0.2, -0.15) is 0 Å². The Morgan fingerprint density at radius 2 is 1.34 bits per heavy atom. The third-order valence-electron chi connectivity index (χ3n) is 5.97. The summed E-state index contributed by atoms with van der Waals surface area (Å²) in [6.07, 6.45) is 1.08. The number of carbonyl (C=O) groups is 1. The van der Waals surface area contributed by atoms with Crippen molar-refractivity contribution in [1.29, 1.82) is 0 Å². The molecular formula is C27H38O4Si. The summed E-state index contributed by atoms with van der Waals surface area (Å²) >= 11 is 0. The Bertz CT molecular complexity index is 829. The SMILES string of the molecule is CC(C)(C)OC(=O)COC[C@H]1C[C@@H]1CO[Si](c1ccccc1)(c1ccccc1)C(C)(C)C. The molecule has 0 saturated heterocycles. The lowest BCUT2D eigenvalue weighted by Gasteiger charge is -2.43. The van der Waals surface area contributed by atoms with Gasteiger partial charge in [-0.25, -0.2) is 4.79 Å². The summed E-state index contributed by atoms with van der Waals surface area (Å²) in [6, 6.07) is 21.5. The molecule has 1 aliphatic carbocycles. The van der Waals surface area contributed by atoms with Crippen molar-refractivity contribution in [3.8, 4) is 0 Å². The van der Waals surface area contributed by atoms with E-state index in [2.05, 4.69) is 81.4 Å². The molecule has 5 heteroatoms. The quantitative estimate of drug-likeness (QED) is 0.412. The maximum atomic E-state index is 11.9. The Labute approximate surface area is 194 Å². The first-order valence-corrected chi connectivity index (χ1v) is 13.5. The predicted octanol–water partition coefficient (Wildman–Crippen LogP) is 4.56. The Morgan fingerprint density at radius 1 is 0.844 bits per heavy atom. The predicted molar refractivity (Wildman–Crippen MR) is 132 cm³/mol. The van der Waals surface area contributed by atoms with Crippen LogP contribution in [0.4, 0.5) is 0 Å². The first kappa shape index (κ1) is 24.7. The van der Waals surface area contributed by atoms with Gasteiger partial charge >= 0.3 is 5.97 Å². The molecule has 0 aromatic heterocycles. The summed E-state index contributed by atoms with van der Waals surface area (Å²) in [5.74, 6) is 0.601. The third-order valence-corrected chi connectivity index (χ3v) is 11.0. The lowest BCUT2D eigenvalue weighted by molar-refractivity contribution is -0.160. The van der Waals surface area contributed by atoms with Crippen LogP contribution >= 0.6 is 0 Å². The highest BCUT2D eigenvalue weighted by atomic mass is 28.4. The third kappa shape index (κ3) is 6.09. The Balaban J connectivity index is 1.66. The molecule has 0 heterocycles. The molecule has 174 valence electrons. The molecular weight excluding hydrogens is 416 g/mol. The lowest BCUT2D eigenvalue weighted by atomic mass is 10.2. The fraction of sp³-hybridized carbons (Fsp3) is 0.519. The first-order valence-electron chi connectivity index (χ1n) is 11.6. The Kier molecular flexibility index (Phi) is 7.64. The van der Waals surface area contributed by atoms with E-state index in [0.29, 0.717) is 25.0 Å². The van der Waals surface area contributed by atoms with Gasteiger partial charge < -0.3 is 13.9 Å². The lowest BCUT2D eigenvalue weighted by Crippen LogP contribution is -2.66. The highest BCUT2D eigenvalue weighted by Gasteiger charge is 2.51. The van der Waals surface area contributed by atoms with Gasteiger partial charge in [-0.05, 0) is 54.4 Å². The number of carbonyl (C=O) groups excluding carboxylic acids is 1. The molecule has 1 saturated carbocycles. The van der Waals surface area contributed by atoms with E-state index in [4.69, 9.17) is 13.9 Å². The minimum atomic E-state index is -2.49. The van der Waals surface area contributed by atoms with Gasteiger partial charge in [0.1, 0.15) is 12.2 Å². The molecule has 0 amide bonds. The second-order valence-electron chi connectivity index (χ2n) is 10.8. The van der Waals surface area contributed by atoms with Crippen molar-refractivity contribution in [2.75, 3.05) is 19.8 Å². The maximum absolute atomic E-state index is 11.9. The van der Waals surface area contributed by atoms with Crippen LogP contribution in [0.2, 0.25) is 5.04 Å². The maximum Gasteiger partial charge on any atom is 0.332 e. The van der Waals surface area contributed by atoms with Crippen LogP contribution < -0.4 is 10.4 Å². The highest BCUT2D eigenvalue weighted by Crippen LogP contribution is 2.42. The summed E-state index contributed by atoms with van der Waals surface area (Å²) in [4.78, 5) is 11.9. The average Bonchev–Trinajstić information content (AvgIpc) is 3.46. The molecule has 0 unspecified atom stereocenters. The molecule has 32 heavy (non-hydrogen) atoms. The smallest absolute Gasteiger partial charge is 0.332 e. The van der Waals surface area contributed by atoms with E-state index in [1.807, 2.05) is 20.8 Å². The molecule has 1 fully saturated rings. The van der Waals surface area contributed by atoms with E-state index in [-0.39, 0.29) is 17.6 Å². The second-order valence-corrected chi connectivity index (χ2v) is 15.1. The first-order chi connectivity index (χ1) is 15.0. The van der Waals surface area contributed by atoms with Crippen molar-refractivity contribution in [2.45, 2.75) is 58.6 Å². The standard InChI is InChI=1S/C27H38O4Si/c1-26(2,3)31-25(28)20-29-18-21-17-22(21)19-30-32(27(4,5)6,23-13-9-7-10-14-23)24-15-11-8-12-16-24/h7-16,21-22H,17-20H2,1-6H3/t21-,22-/m1/s1. The van der Waals surface area contributed by atoms with Crippen molar-refractivity contribution in [3.05, 3.63) is 60.7 Å². The van der Waals surface area contributed by atoms with Gasteiger partial charge in [0.2, 0.25) is 0 Å². The second kappa shape index (κ2) is 9.90.